The molecular weight excluding hydrogens is 437 g/mol. The van der Waals surface area contributed by atoms with Gasteiger partial charge in [0.2, 0.25) is 5.78 Å². The zero-order chi connectivity index (χ0) is 22.1. The Morgan fingerprint density at radius 1 is 1.16 bits per heavy atom. The number of halogens is 1. The first-order valence-electron chi connectivity index (χ1n) is 9.37. The summed E-state index contributed by atoms with van der Waals surface area (Å²) < 4.78 is 20.3. The molecule has 0 spiro atoms. The fourth-order valence-corrected chi connectivity index (χ4v) is 4.96. The molecule has 4 aromatic rings. The molecule has 1 aromatic carbocycles. The van der Waals surface area contributed by atoms with E-state index in [4.69, 9.17) is 4.74 Å². The molecule has 0 aliphatic heterocycles. The Labute approximate surface area is 186 Å². The van der Waals surface area contributed by atoms with Gasteiger partial charge in [-0.15, -0.1) is 22.7 Å². The number of Topliss-reactive ketones (excluding diaryl/α,β-unsaturated/α-hetero) is 1. The van der Waals surface area contributed by atoms with Crippen molar-refractivity contribution in [1.82, 2.24) is 14.5 Å². The van der Waals surface area contributed by atoms with Crippen LogP contribution in [0.25, 0.3) is 15.7 Å². The van der Waals surface area contributed by atoms with E-state index in [0.29, 0.717) is 26.7 Å². The number of thiazole rings is 2. The van der Waals surface area contributed by atoms with Crippen LogP contribution in [0.15, 0.2) is 41.9 Å². The van der Waals surface area contributed by atoms with E-state index in [9.17, 15) is 14.0 Å². The van der Waals surface area contributed by atoms with E-state index in [1.165, 1.54) is 23.5 Å². The predicted molar refractivity (Wildman–Crippen MR) is 118 cm³/mol. The van der Waals surface area contributed by atoms with Gasteiger partial charge in [-0.1, -0.05) is 0 Å². The number of rotatable bonds is 6. The standard InChI is InChI=1S/C22H18FN3O3S2/c1-12-10-17(14(3)26(12)22-24-8-9-30-22)18(27)11-29-21(28)19-13(2)25-20(31-19)15-4-6-16(23)7-5-15/h4-10H,11H2,1-3H3. The smallest absolute Gasteiger partial charge is 0.350 e. The second-order valence-electron chi connectivity index (χ2n) is 6.87. The van der Waals surface area contributed by atoms with Crippen molar-refractivity contribution in [1.29, 1.82) is 0 Å². The zero-order valence-corrected chi connectivity index (χ0v) is 18.6. The summed E-state index contributed by atoms with van der Waals surface area (Å²) in [4.78, 5) is 34.3. The highest BCUT2D eigenvalue weighted by Crippen LogP contribution is 2.29. The van der Waals surface area contributed by atoms with E-state index in [-0.39, 0.29) is 18.2 Å². The minimum atomic E-state index is -0.606. The molecule has 0 unspecified atom stereocenters. The molecule has 0 atom stereocenters. The molecule has 9 heteroatoms. The van der Waals surface area contributed by atoms with Crippen LogP contribution in [0.1, 0.15) is 37.1 Å². The zero-order valence-electron chi connectivity index (χ0n) is 17.0. The lowest BCUT2D eigenvalue weighted by molar-refractivity contribution is 0.0478. The molecule has 31 heavy (non-hydrogen) atoms. The second-order valence-corrected chi connectivity index (χ2v) is 8.75. The molecule has 0 saturated carbocycles. The molecule has 0 saturated heterocycles. The summed E-state index contributed by atoms with van der Waals surface area (Å²) in [6, 6.07) is 7.65. The highest BCUT2D eigenvalue weighted by molar-refractivity contribution is 7.17. The van der Waals surface area contributed by atoms with E-state index >= 15 is 0 Å². The topological polar surface area (TPSA) is 74.1 Å². The molecule has 0 N–H and O–H groups in total. The van der Waals surface area contributed by atoms with Crippen molar-refractivity contribution in [2.24, 2.45) is 0 Å². The Morgan fingerprint density at radius 2 is 1.90 bits per heavy atom. The Hall–Kier alpha value is -3.17. The highest BCUT2D eigenvalue weighted by Gasteiger charge is 2.22. The van der Waals surface area contributed by atoms with Crippen LogP contribution < -0.4 is 0 Å². The monoisotopic (exact) mass is 455 g/mol. The summed E-state index contributed by atoms with van der Waals surface area (Å²) in [5.41, 5.74) is 3.34. The maximum Gasteiger partial charge on any atom is 0.350 e. The second kappa shape index (κ2) is 8.52. The number of nitrogens with zero attached hydrogens (tertiary/aromatic N) is 3. The average Bonchev–Trinajstić information content (AvgIpc) is 3.46. The lowest BCUT2D eigenvalue weighted by Crippen LogP contribution is -2.15. The van der Waals surface area contributed by atoms with Crippen molar-refractivity contribution in [2.75, 3.05) is 6.61 Å². The van der Waals surface area contributed by atoms with Crippen molar-refractivity contribution in [3.05, 3.63) is 75.2 Å². The molecule has 4 rings (SSSR count). The number of benzene rings is 1. The third-order valence-electron chi connectivity index (χ3n) is 4.75. The van der Waals surface area contributed by atoms with Gasteiger partial charge in [-0.25, -0.2) is 19.2 Å². The van der Waals surface area contributed by atoms with Crippen LogP contribution in [0, 0.1) is 26.6 Å². The fraction of sp³-hybridized carbons (Fsp3) is 0.182. The summed E-state index contributed by atoms with van der Waals surface area (Å²) >= 11 is 2.63. The van der Waals surface area contributed by atoms with E-state index < -0.39 is 5.97 Å². The third-order valence-corrected chi connectivity index (χ3v) is 6.69. The summed E-state index contributed by atoms with van der Waals surface area (Å²) in [7, 11) is 0. The van der Waals surface area contributed by atoms with Gasteiger partial charge < -0.3 is 4.74 Å². The highest BCUT2D eigenvalue weighted by atomic mass is 32.1. The van der Waals surface area contributed by atoms with Gasteiger partial charge >= 0.3 is 5.97 Å². The molecule has 6 nitrogen and oxygen atoms in total. The van der Waals surface area contributed by atoms with Gasteiger partial charge in [0.15, 0.2) is 11.7 Å². The minimum Gasteiger partial charge on any atom is -0.453 e. The maximum absolute atomic E-state index is 13.1. The van der Waals surface area contributed by atoms with Gasteiger partial charge in [-0.2, -0.15) is 0 Å². The summed E-state index contributed by atoms with van der Waals surface area (Å²) in [5, 5.41) is 3.23. The van der Waals surface area contributed by atoms with Gasteiger partial charge in [0, 0.05) is 34.1 Å². The molecule has 0 aliphatic carbocycles. The van der Waals surface area contributed by atoms with Crippen LogP contribution in [0.3, 0.4) is 0 Å². The number of carbonyl (C=O) groups is 2. The van der Waals surface area contributed by atoms with Crippen molar-refractivity contribution < 1.29 is 18.7 Å². The molecule has 0 fully saturated rings. The molecule has 0 amide bonds. The number of carbonyl (C=O) groups excluding carboxylic acids is 2. The fourth-order valence-electron chi connectivity index (χ4n) is 3.24. The number of ether oxygens (including phenoxy) is 1. The normalized spacial score (nSPS) is 11.0. The Kier molecular flexibility index (Phi) is 5.79. The number of ketones is 1. The van der Waals surface area contributed by atoms with Crippen LogP contribution in [-0.2, 0) is 4.74 Å². The number of aryl methyl sites for hydroxylation is 2. The van der Waals surface area contributed by atoms with Crippen LogP contribution >= 0.6 is 22.7 Å². The molecule has 0 bridgehead atoms. The van der Waals surface area contributed by atoms with E-state index in [2.05, 4.69) is 9.97 Å². The first kappa shape index (κ1) is 21.1. The van der Waals surface area contributed by atoms with Gasteiger partial charge in [-0.3, -0.25) is 9.36 Å². The summed E-state index contributed by atoms with van der Waals surface area (Å²) in [6.45, 7) is 5.06. The number of esters is 1. The number of hydrogen-bond donors (Lipinski definition) is 0. The van der Waals surface area contributed by atoms with Crippen molar-refractivity contribution in [3.63, 3.8) is 0 Å². The molecule has 3 heterocycles. The maximum atomic E-state index is 13.1. The van der Waals surface area contributed by atoms with Gasteiger partial charge in [0.25, 0.3) is 0 Å². The van der Waals surface area contributed by atoms with Crippen molar-refractivity contribution in [2.45, 2.75) is 20.8 Å². The predicted octanol–water partition coefficient (Wildman–Crippen LogP) is 5.16. The van der Waals surface area contributed by atoms with Gasteiger partial charge in [0.1, 0.15) is 15.7 Å². The quantitative estimate of drug-likeness (QED) is 0.297. The SMILES string of the molecule is Cc1nc(-c2ccc(F)cc2)sc1C(=O)OCC(=O)c1cc(C)n(-c2nccs2)c1C. The molecule has 3 aromatic heterocycles. The van der Waals surface area contributed by atoms with Gasteiger partial charge in [0.05, 0.1) is 5.69 Å². The summed E-state index contributed by atoms with van der Waals surface area (Å²) in [5.74, 6) is -1.24. The first-order valence-corrected chi connectivity index (χ1v) is 11.1. The largest absolute Gasteiger partial charge is 0.453 e. The number of hydrogen-bond acceptors (Lipinski definition) is 7. The first-order chi connectivity index (χ1) is 14.8. The van der Waals surface area contributed by atoms with Crippen molar-refractivity contribution >= 4 is 34.4 Å². The van der Waals surface area contributed by atoms with Crippen LogP contribution in [0.2, 0.25) is 0 Å². The molecule has 158 valence electrons. The minimum absolute atomic E-state index is 0.287. The Bertz CT molecular complexity index is 1260. The van der Waals surface area contributed by atoms with Crippen LogP contribution in [-0.4, -0.2) is 32.9 Å². The molecule has 0 aliphatic rings. The third kappa shape index (κ3) is 4.19. The van der Waals surface area contributed by atoms with E-state index in [1.807, 2.05) is 23.8 Å². The molecular formula is C22H18FN3O3S2. The van der Waals surface area contributed by atoms with Crippen LogP contribution in [0.5, 0.6) is 0 Å². The Balaban J connectivity index is 1.48. The molecule has 0 radical (unpaired) electrons. The van der Waals surface area contributed by atoms with Crippen molar-refractivity contribution in [3.8, 4) is 15.7 Å². The van der Waals surface area contributed by atoms with E-state index in [0.717, 1.165) is 27.9 Å². The van der Waals surface area contributed by atoms with Gasteiger partial charge in [-0.05, 0) is 51.1 Å². The van der Waals surface area contributed by atoms with E-state index in [1.54, 1.807) is 31.3 Å². The Morgan fingerprint density at radius 3 is 2.58 bits per heavy atom. The lowest BCUT2D eigenvalue weighted by atomic mass is 10.1. The lowest BCUT2D eigenvalue weighted by Gasteiger charge is -2.06. The summed E-state index contributed by atoms with van der Waals surface area (Å²) in [6.07, 6.45) is 1.71. The average molecular weight is 456 g/mol. The number of aromatic nitrogens is 3. The van der Waals surface area contributed by atoms with Crippen LogP contribution in [0.4, 0.5) is 4.39 Å².